The standard InChI is InChI=1S/C34H33N3O15/c1-6-27(40)35-22-11-7-19(8-12-22)30(41)36-37-31(42)28(51-33(45)20-9-13-23(49-17(2)38)25(15-20)47-4)29(32(43)44)52-34(46)21-10-14-24(50-18(3)39)26(16-21)48-5/h7-16,28-29H,6H2,1-5H3,(H,35,40)(H,36,41)(H,37,42)(H,43,44)/t28-,29-/m0/s1. The molecule has 2 atom stereocenters. The van der Waals surface area contributed by atoms with Crippen LogP contribution in [0.5, 0.6) is 23.0 Å². The van der Waals surface area contributed by atoms with Crippen LogP contribution in [-0.2, 0) is 33.4 Å². The van der Waals surface area contributed by atoms with Crippen molar-refractivity contribution in [1.82, 2.24) is 10.9 Å². The van der Waals surface area contributed by atoms with Gasteiger partial charge in [0.25, 0.3) is 11.8 Å². The minimum Gasteiger partial charge on any atom is -0.493 e. The summed E-state index contributed by atoms with van der Waals surface area (Å²) in [4.78, 5) is 99.5. The van der Waals surface area contributed by atoms with Crippen LogP contribution in [0.4, 0.5) is 5.69 Å². The molecule has 0 aliphatic heterocycles. The molecule has 0 radical (unpaired) electrons. The topological polar surface area (TPSA) is 248 Å². The monoisotopic (exact) mass is 723 g/mol. The Labute approximate surface area is 295 Å². The Balaban J connectivity index is 1.92. The van der Waals surface area contributed by atoms with Gasteiger partial charge in [-0.1, -0.05) is 6.92 Å². The summed E-state index contributed by atoms with van der Waals surface area (Å²) >= 11 is 0. The molecule has 274 valence electrons. The van der Waals surface area contributed by atoms with Gasteiger partial charge in [-0.2, -0.15) is 0 Å². The maximum atomic E-state index is 13.4. The third-order valence-electron chi connectivity index (χ3n) is 6.60. The molecule has 0 aliphatic carbocycles. The van der Waals surface area contributed by atoms with E-state index in [0.717, 1.165) is 38.1 Å². The molecule has 0 unspecified atom stereocenters. The van der Waals surface area contributed by atoms with Gasteiger partial charge in [0.05, 0.1) is 25.3 Å². The lowest BCUT2D eigenvalue weighted by atomic mass is 10.1. The minimum atomic E-state index is -2.52. The number of hydrazine groups is 1. The molecule has 3 aromatic carbocycles. The number of methoxy groups -OCH3 is 2. The number of nitrogens with one attached hydrogen (secondary N) is 3. The number of esters is 4. The molecule has 0 saturated heterocycles. The van der Waals surface area contributed by atoms with E-state index in [0.29, 0.717) is 5.69 Å². The lowest BCUT2D eigenvalue weighted by Crippen LogP contribution is -2.54. The van der Waals surface area contributed by atoms with Crippen LogP contribution < -0.4 is 35.1 Å². The summed E-state index contributed by atoms with van der Waals surface area (Å²) in [5.41, 5.74) is 3.75. The molecule has 3 aromatic rings. The highest BCUT2D eigenvalue weighted by Crippen LogP contribution is 2.30. The number of carboxylic acid groups (broad SMARTS) is 1. The molecule has 0 aromatic heterocycles. The number of rotatable bonds is 14. The number of carbonyl (C=O) groups is 8. The van der Waals surface area contributed by atoms with Gasteiger partial charge in [0.15, 0.2) is 23.0 Å². The van der Waals surface area contributed by atoms with E-state index in [-0.39, 0.29) is 52.0 Å². The predicted octanol–water partition coefficient (Wildman–Crippen LogP) is 2.20. The Hall–Kier alpha value is -6.98. The summed E-state index contributed by atoms with van der Waals surface area (Å²) in [6, 6.07) is 12.2. The number of carboxylic acids is 1. The molecule has 0 heterocycles. The largest absolute Gasteiger partial charge is 0.493 e. The quantitative estimate of drug-likeness (QED) is 0.106. The molecule has 0 aliphatic rings. The SMILES string of the molecule is CCC(=O)Nc1ccc(C(=O)NNC(=O)[C@@H](OC(=O)c2ccc(OC(C)=O)c(OC)c2)[C@H](OC(=O)c2ccc(OC(C)=O)c(OC)c2)C(=O)O)cc1. The Morgan fingerprint density at radius 3 is 1.52 bits per heavy atom. The zero-order chi connectivity index (χ0) is 38.5. The fourth-order valence-electron chi connectivity index (χ4n) is 4.14. The van der Waals surface area contributed by atoms with Crippen LogP contribution in [0.15, 0.2) is 60.7 Å². The smallest absolute Gasteiger partial charge is 0.349 e. The highest BCUT2D eigenvalue weighted by Gasteiger charge is 2.41. The number of hydrogen-bond donors (Lipinski definition) is 4. The van der Waals surface area contributed by atoms with Gasteiger partial charge in [0, 0.05) is 31.5 Å². The normalized spacial score (nSPS) is 11.4. The van der Waals surface area contributed by atoms with E-state index < -0.39 is 53.9 Å². The van der Waals surface area contributed by atoms with Crippen molar-refractivity contribution in [3.05, 3.63) is 77.4 Å². The predicted molar refractivity (Wildman–Crippen MR) is 176 cm³/mol. The zero-order valence-corrected chi connectivity index (χ0v) is 28.3. The van der Waals surface area contributed by atoms with Crippen molar-refractivity contribution in [2.24, 2.45) is 0 Å². The first-order chi connectivity index (χ1) is 24.7. The van der Waals surface area contributed by atoms with Crippen LogP contribution in [0.25, 0.3) is 0 Å². The second-order valence-corrected chi connectivity index (χ2v) is 10.3. The third kappa shape index (κ3) is 10.8. The van der Waals surface area contributed by atoms with Crippen LogP contribution in [0.3, 0.4) is 0 Å². The lowest BCUT2D eigenvalue weighted by molar-refractivity contribution is -0.159. The molecule has 0 spiro atoms. The van der Waals surface area contributed by atoms with Crippen molar-refractivity contribution < 1.29 is 71.9 Å². The molecule has 18 heteroatoms. The maximum Gasteiger partial charge on any atom is 0.349 e. The van der Waals surface area contributed by atoms with Crippen molar-refractivity contribution in [2.75, 3.05) is 19.5 Å². The molecular weight excluding hydrogens is 690 g/mol. The van der Waals surface area contributed by atoms with Crippen molar-refractivity contribution in [3.63, 3.8) is 0 Å². The number of carbonyl (C=O) groups excluding carboxylic acids is 7. The van der Waals surface area contributed by atoms with Gasteiger partial charge in [0.1, 0.15) is 0 Å². The molecule has 18 nitrogen and oxygen atoms in total. The van der Waals surface area contributed by atoms with E-state index in [1.54, 1.807) is 6.92 Å². The van der Waals surface area contributed by atoms with Gasteiger partial charge in [-0.25, -0.2) is 14.4 Å². The van der Waals surface area contributed by atoms with Crippen molar-refractivity contribution in [1.29, 1.82) is 0 Å². The van der Waals surface area contributed by atoms with Gasteiger partial charge in [-0.15, -0.1) is 0 Å². The van der Waals surface area contributed by atoms with E-state index in [1.807, 2.05) is 10.9 Å². The van der Waals surface area contributed by atoms with Crippen LogP contribution in [0, 0.1) is 0 Å². The Morgan fingerprint density at radius 2 is 1.10 bits per heavy atom. The summed E-state index contributed by atoms with van der Waals surface area (Å²) in [5, 5.41) is 12.7. The third-order valence-corrected chi connectivity index (χ3v) is 6.60. The fraction of sp³-hybridized carbons (Fsp3) is 0.235. The summed E-state index contributed by atoms with van der Waals surface area (Å²) in [7, 11) is 2.41. The Morgan fingerprint density at radius 1 is 0.635 bits per heavy atom. The summed E-state index contributed by atoms with van der Waals surface area (Å²) in [6.07, 6.45) is -4.74. The number of benzene rings is 3. The molecule has 4 N–H and O–H groups in total. The number of aliphatic carboxylic acids is 1. The van der Waals surface area contributed by atoms with E-state index in [1.165, 1.54) is 50.6 Å². The average Bonchev–Trinajstić information content (AvgIpc) is 3.11. The van der Waals surface area contributed by atoms with Crippen LogP contribution in [0.2, 0.25) is 0 Å². The highest BCUT2D eigenvalue weighted by molar-refractivity contribution is 6.00. The number of amides is 3. The first kappa shape index (κ1) is 39.5. The number of hydrogen-bond acceptors (Lipinski definition) is 14. The molecule has 3 rings (SSSR count). The average molecular weight is 724 g/mol. The lowest BCUT2D eigenvalue weighted by Gasteiger charge is -2.24. The molecular formula is C34H33N3O15. The molecule has 52 heavy (non-hydrogen) atoms. The number of anilines is 1. The van der Waals surface area contributed by atoms with E-state index >= 15 is 0 Å². The number of ether oxygens (including phenoxy) is 6. The van der Waals surface area contributed by atoms with Crippen molar-refractivity contribution in [3.8, 4) is 23.0 Å². The molecule has 0 saturated carbocycles. The summed E-state index contributed by atoms with van der Waals surface area (Å²) < 4.78 is 30.6. The van der Waals surface area contributed by atoms with E-state index in [2.05, 4.69) is 5.32 Å². The highest BCUT2D eigenvalue weighted by atomic mass is 16.6. The minimum absolute atomic E-state index is 0.00401. The summed E-state index contributed by atoms with van der Waals surface area (Å²) in [6.45, 7) is 3.91. The summed E-state index contributed by atoms with van der Waals surface area (Å²) in [5.74, 6) is -8.96. The van der Waals surface area contributed by atoms with E-state index in [4.69, 9.17) is 28.4 Å². The first-order valence-electron chi connectivity index (χ1n) is 15.0. The first-order valence-corrected chi connectivity index (χ1v) is 15.0. The van der Waals surface area contributed by atoms with Crippen LogP contribution in [-0.4, -0.2) is 79.1 Å². The van der Waals surface area contributed by atoms with Crippen molar-refractivity contribution in [2.45, 2.75) is 39.4 Å². The second-order valence-electron chi connectivity index (χ2n) is 10.3. The second kappa shape index (κ2) is 18.1. The fourth-order valence-corrected chi connectivity index (χ4v) is 4.14. The molecule has 0 fully saturated rings. The van der Waals surface area contributed by atoms with Gasteiger partial charge < -0.3 is 38.8 Å². The van der Waals surface area contributed by atoms with Crippen LogP contribution >= 0.6 is 0 Å². The van der Waals surface area contributed by atoms with Crippen molar-refractivity contribution >= 4 is 53.3 Å². The van der Waals surface area contributed by atoms with Gasteiger partial charge in [-0.3, -0.25) is 34.8 Å². The van der Waals surface area contributed by atoms with Gasteiger partial charge in [-0.05, 0) is 60.7 Å². The Kier molecular flexibility index (Phi) is 13.8. The molecule has 3 amide bonds. The zero-order valence-electron chi connectivity index (χ0n) is 28.3. The van der Waals surface area contributed by atoms with Gasteiger partial charge >= 0.3 is 29.8 Å². The Bertz CT molecular complexity index is 1870. The van der Waals surface area contributed by atoms with E-state index in [9.17, 15) is 43.5 Å². The van der Waals surface area contributed by atoms with Crippen LogP contribution in [0.1, 0.15) is 58.3 Å². The molecule has 0 bridgehead atoms. The van der Waals surface area contributed by atoms with Gasteiger partial charge in [0.2, 0.25) is 18.1 Å². The maximum absolute atomic E-state index is 13.4.